The van der Waals surface area contributed by atoms with Crippen LogP contribution in [0, 0.1) is 5.92 Å². The first-order valence-corrected chi connectivity index (χ1v) is 8.82. The Kier molecular flexibility index (Phi) is 8.06. The third-order valence-electron chi connectivity index (χ3n) is 5.16. The highest BCUT2D eigenvalue weighted by Crippen LogP contribution is 2.14. The van der Waals surface area contributed by atoms with Gasteiger partial charge in [-0.1, -0.05) is 0 Å². The van der Waals surface area contributed by atoms with E-state index in [-0.39, 0.29) is 18.3 Å². The van der Waals surface area contributed by atoms with Crippen LogP contribution in [-0.4, -0.2) is 99.3 Å². The highest BCUT2D eigenvalue weighted by Gasteiger charge is 2.24. The van der Waals surface area contributed by atoms with Gasteiger partial charge in [-0.15, -0.1) is 12.4 Å². The topological polar surface area (TPSA) is 48.1 Å². The van der Waals surface area contributed by atoms with E-state index in [1.54, 1.807) is 0 Å². The second-order valence-corrected chi connectivity index (χ2v) is 6.76. The van der Waals surface area contributed by atoms with Crippen molar-refractivity contribution in [2.75, 3.05) is 78.7 Å². The fourth-order valence-corrected chi connectivity index (χ4v) is 3.66. The number of nitrogens with zero attached hydrogens (tertiary/aromatic N) is 3. The Hall–Kier alpha value is -0.400. The van der Waals surface area contributed by atoms with Crippen LogP contribution in [0.3, 0.4) is 0 Å². The van der Waals surface area contributed by atoms with Gasteiger partial charge in [0.05, 0.1) is 19.8 Å². The zero-order valence-corrected chi connectivity index (χ0v) is 14.9. The molecule has 0 aromatic carbocycles. The Labute approximate surface area is 145 Å². The Morgan fingerprint density at radius 1 is 0.957 bits per heavy atom. The number of amides is 1. The molecule has 1 amide bonds. The van der Waals surface area contributed by atoms with E-state index in [4.69, 9.17) is 4.74 Å². The van der Waals surface area contributed by atoms with E-state index < -0.39 is 0 Å². The van der Waals surface area contributed by atoms with Crippen LogP contribution in [0.25, 0.3) is 0 Å². The van der Waals surface area contributed by atoms with Crippen molar-refractivity contribution in [3.8, 4) is 0 Å². The molecule has 3 heterocycles. The van der Waals surface area contributed by atoms with E-state index in [9.17, 15) is 4.79 Å². The number of rotatable bonds is 4. The monoisotopic (exact) mass is 346 g/mol. The maximum Gasteiger partial charge on any atom is 0.236 e. The number of carbonyl (C=O) groups excluding carboxylic acids is 1. The van der Waals surface area contributed by atoms with Gasteiger partial charge in [0.2, 0.25) is 5.91 Å². The summed E-state index contributed by atoms with van der Waals surface area (Å²) in [6.45, 7) is 11.4. The highest BCUT2D eigenvalue weighted by atomic mass is 35.5. The Balaban J connectivity index is 0.00000192. The zero-order valence-electron chi connectivity index (χ0n) is 14.0. The first kappa shape index (κ1) is 18.9. The van der Waals surface area contributed by atoms with Crippen LogP contribution in [0.2, 0.25) is 0 Å². The van der Waals surface area contributed by atoms with Gasteiger partial charge in [-0.3, -0.25) is 9.69 Å². The molecule has 0 spiro atoms. The van der Waals surface area contributed by atoms with Gasteiger partial charge in [-0.05, 0) is 31.8 Å². The van der Waals surface area contributed by atoms with Crippen LogP contribution in [0.15, 0.2) is 0 Å². The SMILES string of the molecule is Cl.O=C(CN1CCN(CC2CCNCC2)CC1)N1CCOCC1. The molecule has 0 bridgehead atoms. The number of halogens is 1. The van der Waals surface area contributed by atoms with Crippen molar-refractivity contribution < 1.29 is 9.53 Å². The molecule has 1 N–H and O–H groups in total. The number of ether oxygens (including phenoxy) is 1. The lowest BCUT2D eigenvalue weighted by molar-refractivity contribution is -0.136. The Morgan fingerprint density at radius 3 is 2.22 bits per heavy atom. The summed E-state index contributed by atoms with van der Waals surface area (Å²) in [6, 6.07) is 0. The van der Waals surface area contributed by atoms with E-state index in [1.807, 2.05) is 4.90 Å². The summed E-state index contributed by atoms with van der Waals surface area (Å²) in [5.41, 5.74) is 0. The van der Waals surface area contributed by atoms with Crippen molar-refractivity contribution in [1.29, 1.82) is 0 Å². The molecule has 3 saturated heterocycles. The van der Waals surface area contributed by atoms with Crippen molar-refractivity contribution in [2.24, 2.45) is 5.92 Å². The van der Waals surface area contributed by atoms with E-state index in [0.717, 1.165) is 45.2 Å². The van der Waals surface area contributed by atoms with Gasteiger partial charge in [0.25, 0.3) is 0 Å². The van der Waals surface area contributed by atoms with Crippen LogP contribution in [0.5, 0.6) is 0 Å². The van der Waals surface area contributed by atoms with Gasteiger partial charge in [0.15, 0.2) is 0 Å². The maximum atomic E-state index is 12.3. The number of nitrogens with one attached hydrogen (secondary N) is 1. The first-order valence-electron chi connectivity index (χ1n) is 8.82. The molecule has 3 aliphatic heterocycles. The molecule has 0 radical (unpaired) electrons. The third kappa shape index (κ3) is 5.87. The number of piperazine rings is 1. The quantitative estimate of drug-likeness (QED) is 0.769. The van der Waals surface area contributed by atoms with Crippen LogP contribution < -0.4 is 5.32 Å². The van der Waals surface area contributed by atoms with Crippen LogP contribution in [0.4, 0.5) is 0 Å². The second kappa shape index (κ2) is 9.79. The largest absolute Gasteiger partial charge is 0.378 e. The van der Waals surface area contributed by atoms with E-state index >= 15 is 0 Å². The molecule has 0 atom stereocenters. The molecule has 3 rings (SSSR count). The van der Waals surface area contributed by atoms with Crippen molar-refractivity contribution in [2.45, 2.75) is 12.8 Å². The van der Waals surface area contributed by atoms with Gasteiger partial charge >= 0.3 is 0 Å². The number of piperidine rings is 1. The van der Waals surface area contributed by atoms with Gasteiger partial charge in [0.1, 0.15) is 0 Å². The van der Waals surface area contributed by atoms with Gasteiger partial charge < -0.3 is 19.9 Å². The van der Waals surface area contributed by atoms with Gasteiger partial charge in [-0.2, -0.15) is 0 Å². The Morgan fingerprint density at radius 2 is 1.57 bits per heavy atom. The summed E-state index contributed by atoms with van der Waals surface area (Å²) in [6.07, 6.45) is 2.63. The number of morpholine rings is 1. The number of hydrogen-bond donors (Lipinski definition) is 1. The molecular formula is C16H31ClN4O2. The minimum atomic E-state index is 0. The lowest BCUT2D eigenvalue weighted by Crippen LogP contribution is -2.52. The summed E-state index contributed by atoms with van der Waals surface area (Å²) in [7, 11) is 0. The average molecular weight is 347 g/mol. The number of carbonyl (C=O) groups is 1. The van der Waals surface area contributed by atoms with E-state index in [1.165, 1.54) is 32.5 Å². The minimum Gasteiger partial charge on any atom is -0.378 e. The summed E-state index contributed by atoms with van der Waals surface area (Å²) in [5.74, 6) is 1.14. The van der Waals surface area contributed by atoms with Gasteiger partial charge in [0, 0.05) is 45.8 Å². The Bertz CT molecular complexity index is 352. The number of hydrogen-bond acceptors (Lipinski definition) is 5. The van der Waals surface area contributed by atoms with Crippen molar-refractivity contribution in [3.05, 3.63) is 0 Å². The molecule has 23 heavy (non-hydrogen) atoms. The molecule has 0 saturated carbocycles. The normalized spacial score (nSPS) is 25.1. The molecule has 134 valence electrons. The van der Waals surface area contributed by atoms with Crippen LogP contribution in [0.1, 0.15) is 12.8 Å². The first-order chi connectivity index (χ1) is 10.8. The van der Waals surface area contributed by atoms with E-state index in [2.05, 4.69) is 15.1 Å². The van der Waals surface area contributed by atoms with Crippen molar-refractivity contribution in [3.63, 3.8) is 0 Å². The second-order valence-electron chi connectivity index (χ2n) is 6.76. The molecule has 0 unspecified atom stereocenters. The van der Waals surface area contributed by atoms with Crippen LogP contribution >= 0.6 is 12.4 Å². The molecule has 6 nitrogen and oxygen atoms in total. The average Bonchev–Trinajstić information content (AvgIpc) is 2.58. The fourth-order valence-electron chi connectivity index (χ4n) is 3.66. The molecule has 3 aliphatic rings. The molecule has 0 aromatic rings. The summed E-state index contributed by atoms with van der Waals surface area (Å²) >= 11 is 0. The standard InChI is InChI=1S/C16H30N4O2.ClH/c21-16(20-9-11-22-12-10-20)14-19-7-5-18(6-8-19)13-15-1-3-17-4-2-15;/h15,17H,1-14H2;1H. The summed E-state index contributed by atoms with van der Waals surface area (Å²) in [4.78, 5) is 19.1. The zero-order chi connectivity index (χ0) is 15.2. The smallest absolute Gasteiger partial charge is 0.236 e. The molecule has 3 fully saturated rings. The molecular weight excluding hydrogens is 316 g/mol. The highest BCUT2D eigenvalue weighted by molar-refractivity contribution is 5.85. The van der Waals surface area contributed by atoms with Crippen molar-refractivity contribution >= 4 is 18.3 Å². The fraction of sp³-hybridized carbons (Fsp3) is 0.938. The van der Waals surface area contributed by atoms with Crippen molar-refractivity contribution in [1.82, 2.24) is 20.0 Å². The summed E-state index contributed by atoms with van der Waals surface area (Å²) in [5, 5.41) is 3.43. The lowest BCUT2D eigenvalue weighted by atomic mass is 9.97. The van der Waals surface area contributed by atoms with Gasteiger partial charge in [-0.25, -0.2) is 0 Å². The lowest BCUT2D eigenvalue weighted by Gasteiger charge is -2.38. The predicted octanol–water partition coefficient (Wildman–Crippen LogP) is -0.116. The molecule has 7 heteroatoms. The minimum absolute atomic E-state index is 0. The van der Waals surface area contributed by atoms with Crippen LogP contribution in [-0.2, 0) is 9.53 Å². The maximum absolute atomic E-state index is 12.3. The molecule has 0 aromatic heterocycles. The third-order valence-corrected chi connectivity index (χ3v) is 5.16. The molecule has 0 aliphatic carbocycles. The predicted molar refractivity (Wildman–Crippen MR) is 93.1 cm³/mol. The van der Waals surface area contributed by atoms with E-state index in [0.29, 0.717) is 19.8 Å². The summed E-state index contributed by atoms with van der Waals surface area (Å²) < 4.78 is 5.31.